The molecule has 1 saturated heterocycles. The first-order valence-corrected chi connectivity index (χ1v) is 9.00. The second-order valence-electron chi connectivity index (χ2n) is 6.08. The van der Waals surface area contributed by atoms with E-state index in [0.29, 0.717) is 12.3 Å². The minimum atomic E-state index is 0.167. The Hall–Kier alpha value is -1.84. The van der Waals surface area contributed by atoms with Crippen molar-refractivity contribution in [2.75, 3.05) is 32.1 Å². The van der Waals surface area contributed by atoms with Gasteiger partial charge in [0.2, 0.25) is 5.91 Å². The molecule has 0 spiro atoms. The van der Waals surface area contributed by atoms with Crippen molar-refractivity contribution in [1.82, 2.24) is 9.80 Å². The predicted molar refractivity (Wildman–Crippen MR) is 98.2 cm³/mol. The van der Waals surface area contributed by atoms with Crippen LogP contribution in [0.2, 0.25) is 0 Å². The molecule has 0 atom stereocenters. The Bertz CT molecular complexity index is 600. The zero-order valence-corrected chi connectivity index (χ0v) is 14.5. The van der Waals surface area contributed by atoms with Crippen LogP contribution in [0.5, 0.6) is 0 Å². The van der Waals surface area contributed by atoms with Crippen molar-refractivity contribution in [2.45, 2.75) is 12.5 Å². The number of alkyl halides is 1. The second kappa shape index (κ2) is 8.32. The summed E-state index contributed by atoms with van der Waals surface area (Å²) in [6.45, 7) is 3.29. The molecule has 0 radical (unpaired) electrons. The molecule has 2 aromatic rings. The Labute approximate surface area is 148 Å². The van der Waals surface area contributed by atoms with Crippen LogP contribution < -0.4 is 0 Å². The first-order chi connectivity index (χ1) is 11.8. The summed E-state index contributed by atoms with van der Waals surface area (Å²) < 4.78 is 0. The van der Waals surface area contributed by atoms with Gasteiger partial charge in [-0.3, -0.25) is 9.69 Å². The van der Waals surface area contributed by atoms with Gasteiger partial charge >= 0.3 is 0 Å². The molecule has 0 saturated carbocycles. The average molecular weight is 343 g/mol. The maximum absolute atomic E-state index is 12.0. The Morgan fingerprint density at radius 2 is 1.38 bits per heavy atom. The van der Waals surface area contributed by atoms with E-state index in [-0.39, 0.29) is 11.9 Å². The molecular weight excluding hydrogens is 320 g/mol. The van der Waals surface area contributed by atoms with Gasteiger partial charge < -0.3 is 4.90 Å². The lowest BCUT2D eigenvalue weighted by molar-refractivity contribution is -0.132. The van der Waals surface area contributed by atoms with E-state index in [2.05, 4.69) is 53.4 Å². The first kappa shape index (κ1) is 17.0. The Kier molecular flexibility index (Phi) is 5.89. The Morgan fingerprint density at radius 3 is 1.83 bits per heavy atom. The van der Waals surface area contributed by atoms with Crippen molar-refractivity contribution in [2.24, 2.45) is 0 Å². The van der Waals surface area contributed by atoms with Gasteiger partial charge in [0.1, 0.15) is 0 Å². The lowest BCUT2D eigenvalue weighted by atomic mass is 9.96. The van der Waals surface area contributed by atoms with Crippen LogP contribution in [-0.4, -0.2) is 47.8 Å². The normalized spacial score (nSPS) is 15.7. The summed E-state index contributed by atoms with van der Waals surface area (Å²) in [4.78, 5) is 16.4. The maximum atomic E-state index is 12.0. The molecule has 0 bridgehead atoms. The van der Waals surface area contributed by atoms with E-state index in [0.717, 1.165) is 26.2 Å². The molecule has 3 nitrogen and oxygen atoms in total. The lowest BCUT2D eigenvalue weighted by Crippen LogP contribution is -2.49. The van der Waals surface area contributed by atoms with E-state index in [1.54, 1.807) is 0 Å². The van der Waals surface area contributed by atoms with Crippen molar-refractivity contribution >= 4 is 17.5 Å². The van der Waals surface area contributed by atoms with Gasteiger partial charge in [0.05, 0.1) is 6.04 Å². The number of carbonyl (C=O) groups excluding carboxylic acids is 1. The number of benzene rings is 2. The van der Waals surface area contributed by atoms with E-state index in [1.807, 2.05) is 17.0 Å². The number of carbonyl (C=O) groups is 1. The molecule has 2 aromatic carbocycles. The molecule has 1 aliphatic rings. The third kappa shape index (κ3) is 3.97. The molecule has 3 rings (SSSR count). The SMILES string of the molecule is O=C(CCCl)N1CCN(C(c2ccccc2)c2ccccc2)CC1. The molecule has 0 aliphatic carbocycles. The van der Waals surface area contributed by atoms with Gasteiger partial charge in [-0.15, -0.1) is 11.6 Å². The molecule has 0 unspecified atom stereocenters. The van der Waals surface area contributed by atoms with Crippen LogP contribution in [0.15, 0.2) is 60.7 Å². The zero-order valence-electron chi connectivity index (χ0n) is 13.8. The van der Waals surface area contributed by atoms with Crippen molar-refractivity contribution in [1.29, 1.82) is 0 Å². The molecule has 0 aromatic heterocycles. The summed E-state index contributed by atoms with van der Waals surface area (Å²) in [6.07, 6.45) is 0.433. The number of hydrogen-bond acceptors (Lipinski definition) is 2. The van der Waals surface area contributed by atoms with Crippen LogP contribution in [-0.2, 0) is 4.79 Å². The van der Waals surface area contributed by atoms with E-state index in [9.17, 15) is 4.79 Å². The third-order valence-electron chi connectivity index (χ3n) is 4.57. The fraction of sp³-hybridized carbons (Fsp3) is 0.350. The van der Waals surface area contributed by atoms with Crippen molar-refractivity contribution < 1.29 is 4.79 Å². The standard InChI is InChI=1S/C20H23ClN2O/c21-12-11-19(24)22-13-15-23(16-14-22)20(17-7-3-1-4-8-17)18-9-5-2-6-10-18/h1-10,20H,11-16H2. The second-order valence-corrected chi connectivity index (χ2v) is 6.46. The number of hydrogen-bond donors (Lipinski definition) is 0. The van der Waals surface area contributed by atoms with Crippen LogP contribution in [0.25, 0.3) is 0 Å². The monoisotopic (exact) mass is 342 g/mol. The van der Waals surface area contributed by atoms with Crippen LogP contribution in [0.1, 0.15) is 23.6 Å². The van der Waals surface area contributed by atoms with E-state index in [4.69, 9.17) is 11.6 Å². The Balaban J connectivity index is 1.77. The largest absolute Gasteiger partial charge is 0.340 e. The summed E-state index contributed by atoms with van der Waals surface area (Å²) in [5.41, 5.74) is 2.59. The smallest absolute Gasteiger partial charge is 0.223 e. The number of amides is 1. The van der Waals surface area contributed by atoms with Crippen LogP contribution in [0.3, 0.4) is 0 Å². The van der Waals surface area contributed by atoms with Gasteiger partial charge in [-0.25, -0.2) is 0 Å². The topological polar surface area (TPSA) is 23.6 Å². The molecule has 1 amide bonds. The number of nitrogens with zero attached hydrogens (tertiary/aromatic N) is 2. The quantitative estimate of drug-likeness (QED) is 0.776. The third-order valence-corrected chi connectivity index (χ3v) is 4.76. The molecule has 1 aliphatic heterocycles. The number of piperazine rings is 1. The van der Waals surface area contributed by atoms with Gasteiger partial charge in [-0.2, -0.15) is 0 Å². The summed E-state index contributed by atoms with van der Waals surface area (Å²) in [6, 6.07) is 21.4. The highest BCUT2D eigenvalue weighted by Crippen LogP contribution is 2.29. The molecule has 4 heteroatoms. The highest BCUT2D eigenvalue weighted by molar-refractivity contribution is 6.18. The van der Waals surface area contributed by atoms with Crippen molar-refractivity contribution in [3.8, 4) is 0 Å². The number of rotatable bonds is 5. The van der Waals surface area contributed by atoms with Crippen molar-refractivity contribution in [3.63, 3.8) is 0 Å². The molecule has 1 heterocycles. The van der Waals surface area contributed by atoms with Crippen LogP contribution in [0.4, 0.5) is 0 Å². The lowest BCUT2D eigenvalue weighted by Gasteiger charge is -2.39. The molecule has 24 heavy (non-hydrogen) atoms. The van der Waals surface area contributed by atoms with Gasteiger partial charge in [0.15, 0.2) is 0 Å². The zero-order chi connectivity index (χ0) is 16.8. The Morgan fingerprint density at radius 1 is 0.875 bits per heavy atom. The van der Waals surface area contributed by atoms with Gasteiger partial charge in [0.25, 0.3) is 0 Å². The average Bonchev–Trinajstić information content (AvgIpc) is 2.64. The van der Waals surface area contributed by atoms with E-state index >= 15 is 0 Å². The summed E-state index contributed by atoms with van der Waals surface area (Å²) in [5.74, 6) is 0.566. The molecule has 1 fully saturated rings. The minimum Gasteiger partial charge on any atom is -0.340 e. The summed E-state index contributed by atoms with van der Waals surface area (Å²) in [5, 5.41) is 0. The summed E-state index contributed by atoms with van der Waals surface area (Å²) in [7, 11) is 0. The number of halogens is 1. The minimum absolute atomic E-state index is 0.167. The molecular formula is C20H23ClN2O. The predicted octanol–water partition coefficient (Wildman–Crippen LogP) is 3.55. The maximum Gasteiger partial charge on any atom is 0.223 e. The van der Waals surface area contributed by atoms with Gasteiger partial charge in [0, 0.05) is 38.5 Å². The van der Waals surface area contributed by atoms with E-state index < -0.39 is 0 Å². The van der Waals surface area contributed by atoms with Gasteiger partial charge in [-0.05, 0) is 11.1 Å². The van der Waals surface area contributed by atoms with Crippen LogP contribution in [0, 0.1) is 0 Å². The summed E-state index contributed by atoms with van der Waals surface area (Å²) >= 11 is 5.70. The highest BCUT2D eigenvalue weighted by Gasteiger charge is 2.27. The highest BCUT2D eigenvalue weighted by atomic mass is 35.5. The van der Waals surface area contributed by atoms with Crippen LogP contribution >= 0.6 is 11.6 Å². The first-order valence-electron chi connectivity index (χ1n) is 8.47. The van der Waals surface area contributed by atoms with E-state index in [1.165, 1.54) is 11.1 Å². The molecule has 126 valence electrons. The fourth-order valence-electron chi connectivity index (χ4n) is 3.35. The van der Waals surface area contributed by atoms with Gasteiger partial charge in [-0.1, -0.05) is 60.7 Å². The van der Waals surface area contributed by atoms with Crippen molar-refractivity contribution in [3.05, 3.63) is 71.8 Å². The fourth-order valence-corrected chi connectivity index (χ4v) is 3.51. The molecule has 0 N–H and O–H groups in total.